The Balaban J connectivity index is 2.16. The SMILES string of the molecule is CC(C)OP(=O)(C#Cc1cc2ccccc2c2ccccc12)OC(C)C. The highest BCUT2D eigenvalue weighted by Gasteiger charge is 2.25. The summed E-state index contributed by atoms with van der Waals surface area (Å²) in [6.45, 7) is 7.29. The van der Waals surface area contributed by atoms with Crippen LogP contribution in [0.2, 0.25) is 0 Å². The van der Waals surface area contributed by atoms with Crippen LogP contribution < -0.4 is 0 Å². The highest BCUT2D eigenvalue weighted by Crippen LogP contribution is 2.49. The molecule has 0 spiro atoms. The number of benzene rings is 3. The predicted octanol–water partition coefficient (Wildman–Crippen LogP) is 6.35. The first kappa shape index (κ1) is 18.7. The smallest absolute Gasteiger partial charge is 0.297 e. The Morgan fingerprint density at radius 2 is 1.35 bits per heavy atom. The molecule has 0 aliphatic carbocycles. The topological polar surface area (TPSA) is 35.5 Å². The fraction of sp³-hybridized carbons (Fsp3) is 0.273. The summed E-state index contributed by atoms with van der Waals surface area (Å²) in [5.74, 6) is 3.07. The fourth-order valence-corrected chi connectivity index (χ4v) is 4.44. The molecule has 26 heavy (non-hydrogen) atoms. The van der Waals surface area contributed by atoms with Gasteiger partial charge in [-0.25, -0.2) is 4.57 Å². The van der Waals surface area contributed by atoms with Crippen molar-refractivity contribution in [1.82, 2.24) is 0 Å². The second-order valence-electron chi connectivity index (χ2n) is 6.73. The standard InChI is InChI=1S/C22H23O3P/c1-16(2)24-26(23,25-17(3)4)14-13-19-15-18-9-5-6-10-20(18)22-12-8-7-11-21(19)22/h5-12,15-17H,1-4H3. The summed E-state index contributed by atoms with van der Waals surface area (Å²) in [6, 6.07) is 18.3. The quantitative estimate of drug-likeness (QED) is 0.307. The van der Waals surface area contributed by atoms with Gasteiger partial charge >= 0.3 is 7.60 Å². The molecule has 3 nitrogen and oxygen atoms in total. The van der Waals surface area contributed by atoms with Crippen molar-refractivity contribution in [2.75, 3.05) is 0 Å². The van der Waals surface area contributed by atoms with E-state index >= 15 is 0 Å². The number of rotatable bonds is 4. The van der Waals surface area contributed by atoms with Crippen LogP contribution in [0.5, 0.6) is 0 Å². The van der Waals surface area contributed by atoms with E-state index in [4.69, 9.17) is 9.05 Å². The van der Waals surface area contributed by atoms with E-state index in [0.29, 0.717) is 0 Å². The van der Waals surface area contributed by atoms with Crippen molar-refractivity contribution in [3.8, 4) is 11.6 Å². The normalized spacial score (nSPS) is 11.9. The van der Waals surface area contributed by atoms with Gasteiger partial charge in [0.05, 0.1) is 12.2 Å². The summed E-state index contributed by atoms with van der Waals surface area (Å²) in [6.07, 6.45) is -0.468. The molecule has 0 aliphatic rings. The van der Waals surface area contributed by atoms with Crippen LogP contribution in [0.4, 0.5) is 0 Å². The lowest BCUT2D eigenvalue weighted by Gasteiger charge is -2.17. The number of hydrogen-bond donors (Lipinski definition) is 0. The molecular formula is C22H23O3P. The highest BCUT2D eigenvalue weighted by molar-refractivity contribution is 7.59. The van der Waals surface area contributed by atoms with Crippen LogP contribution in [0.3, 0.4) is 0 Å². The van der Waals surface area contributed by atoms with E-state index in [0.717, 1.165) is 21.7 Å². The van der Waals surface area contributed by atoms with Crippen molar-refractivity contribution < 1.29 is 13.6 Å². The van der Waals surface area contributed by atoms with Gasteiger partial charge in [0.25, 0.3) is 0 Å². The summed E-state index contributed by atoms with van der Waals surface area (Å²) in [5.41, 5.74) is 3.61. The minimum atomic E-state index is -3.50. The van der Waals surface area contributed by atoms with Crippen molar-refractivity contribution in [2.45, 2.75) is 39.9 Å². The zero-order valence-electron chi connectivity index (χ0n) is 15.5. The molecule has 0 unspecified atom stereocenters. The minimum Gasteiger partial charge on any atom is -0.297 e. The first-order chi connectivity index (χ1) is 12.4. The third-order valence-electron chi connectivity index (χ3n) is 3.79. The monoisotopic (exact) mass is 366 g/mol. The van der Waals surface area contributed by atoms with Crippen molar-refractivity contribution in [1.29, 1.82) is 0 Å². The molecule has 134 valence electrons. The summed E-state index contributed by atoms with van der Waals surface area (Å²) < 4.78 is 24.0. The van der Waals surface area contributed by atoms with Crippen LogP contribution in [0.15, 0.2) is 54.6 Å². The largest absolute Gasteiger partial charge is 0.406 e. The molecular weight excluding hydrogens is 343 g/mol. The van der Waals surface area contributed by atoms with E-state index in [9.17, 15) is 4.57 Å². The minimum absolute atomic E-state index is 0.234. The predicted molar refractivity (Wildman–Crippen MR) is 108 cm³/mol. The Bertz CT molecular complexity index is 1030. The third-order valence-corrected chi connectivity index (χ3v) is 5.58. The molecule has 0 radical (unpaired) electrons. The molecule has 3 aromatic carbocycles. The van der Waals surface area contributed by atoms with Gasteiger partial charge in [0, 0.05) is 11.2 Å². The average Bonchev–Trinajstić information content (AvgIpc) is 2.58. The van der Waals surface area contributed by atoms with Gasteiger partial charge in [-0.2, -0.15) is 0 Å². The molecule has 0 saturated heterocycles. The third kappa shape index (κ3) is 4.17. The van der Waals surface area contributed by atoms with Crippen molar-refractivity contribution in [3.63, 3.8) is 0 Å². The lowest BCUT2D eigenvalue weighted by molar-refractivity contribution is 0.151. The molecule has 0 saturated carbocycles. The summed E-state index contributed by atoms with van der Waals surface area (Å²) in [5, 5.41) is 4.42. The maximum absolute atomic E-state index is 13.0. The molecule has 3 rings (SSSR count). The molecule has 0 heterocycles. The van der Waals surface area contributed by atoms with E-state index in [1.165, 1.54) is 5.39 Å². The zero-order chi connectivity index (χ0) is 18.7. The lowest BCUT2D eigenvalue weighted by Crippen LogP contribution is -2.06. The zero-order valence-corrected chi connectivity index (χ0v) is 16.4. The maximum atomic E-state index is 13.0. The van der Waals surface area contributed by atoms with Crippen LogP contribution >= 0.6 is 7.60 Å². The average molecular weight is 366 g/mol. The molecule has 0 atom stereocenters. The summed E-state index contributed by atoms with van der Waals surface area (Å²) in [4.78, 5) is 0. The Morgan fingerprint density at radius 3 is 1.96 bits per heavy atom. The fourth-order valence-electron chi connectivity index (χ4n) is 2.92. The number of fused-ring (bicyclic) bond motifs is 3. The van der Waals surface area contributed by atoms with Gasteiger partial charge in [-0.05, 0) is 55.3 Å². The first-order valence-electron chi connectivity index (χ1n) is 8.78. The first-order valence-corrected chi connectivity index (χ1v) is 10.3. The molecule has 0 bridgehead atoms. The van der Waals surface area contributed by atoms with Gasteiger partial charge < -0.3 is 0 Å². The molecule has 0 aromatic heterocycles. The van der Waals surface area contributed by atoms with Gasteiger partial charge in [0.15, 0.2) is 0 Å². The second kappa shape index (κ2) is 7.64. The molecule has 0 N–H and O–H groups in total. The summed E-state index contributed by atoms with van der Waals surface area (Å²) >= 11 is 0. The number of hydrogen-bond acceptors (Lipinski definition) is 3. The molecule has 0 fully saturated rings. The van der Waals surface area contributed by atoms with Crippen molar-refractivity contribution in [2.24, 2.45) is 0 Å². The molecule has 0 aliphatic heterocycles. The van der Waals surface area contributed by atoms with E-state index in [1.807, 2.05) is 64.1 Å². The van der Waals surface area contributed by atoms with Gasteiger partial charge in [0.1, 0.15) is 0 Å². The molecule has 4 heteroatoms. The molecule has 0 amide bonds. The van der Waals surface area contributed by atoms with E-state index in [1.54, 1.807) is 0 Å². The summed E-state index contributed by atoms with van der Waals surface area (Å²) in [7, 11) is -3.50. The van der Waals surface area contributed by atoms with Gasteiger partial charge in [0.2, 0.25) is 0 Å². The van der Waals surface area contributed by atoms with E-state index in [2.05, 4.69) is 29.8 Å². The van der Waals surface area contributed by atoms with Gasteiger partial charge in [-0.3, -0.25) is 9.05 Å². The maximum Gasteiger partial charge on any atom is 0.406 e. The highest BCUT2D eigenvalue weighted by atomic mass is 31.2. The van der Waals surface area contributed by atoms with Crippen molar-refractivity contribution in [3.05, 3.63) is 60.2 Å². The Hall–Kier alpha value is -2.11. The van der Waals surface area contributed by atoms with Crippen molar-refractivity contribution >= 4 is 29.1 Å². The van der Waals surface area contributed by atoms with Gasteiger partial charge in [-0.1, -0.05) is 54.5 Å². The Kier molecular flexibility index (Phi) is 5.49. The molecule has 3 aromatic rings. The van der Waals surface area contributed by atoms with Crippen LogP contribution in [0.1, 0.15) is 33.3 Å². The van der Waals surface area contributed by atoms with Crippen LogP contribution in [-0.4, -0.2) is 12.2 Å². The van der Waals surface area contributed by atoms with Crippen LogP contribution in [-0.2, 0) is 13.6 Å². The van der Waals surface area contributed by atoms with Gasteiger partial charge in [-0.15, -0.1) is 0 Å². The Labute approximate surface area is 154 Å². The van der Waals surface area contributed by atoms with E-state index < -0.39 is 7.60 Å². The second-order valence-corrected chi connectivity index (χ2v) is 8.37. The van der Waals surface area contributed by atoms with E-state index in [-0.39, 0.29) is 12.2 Å². The van der Waals surface area contributed by atoms with Crippen LogP contribution in [0.25, 0.3) is 21.5 Å². The Morgan fingerprint density at radius 1 is 0.808 bits per heavy atom. The lowest BCUT2D eigenvalue weighted by atomic mass is 9.98. The van der Waals surface area contributed by atoms with Crippen LogP contribution in [0, 0.1) is 11.6 Å².